The number of pyridine rings is 1. The van der Waals surface area contributed by atoms with Crippen molar-refractivity contribution in [1.82, 2.24) is 4.98 Å². The van der Waals surface area contributed by atoms with Crippen LogP contribution in [0.3, 0.4) is 0 Å². The van der Waals surface area contributed by atoms with Gasteiger partial charge in [0.15, 0.2) is 11.5 Å². The topological polar surface area (TPSA) is 90.3 Å². The van der Waals surface area contributed by atoms with Gasteiger partial charge in [0.25, 0.3) is 0 Å². The average Bonchev–Trinajstić information content (AvgIpc) is 3.13. The molecule has 29 heavy (non-hydrogen) atoms. The van der Waals surface area contributed by atoms with E-state index >= 15 is 0 Å². The number of methoxy groups -OCH3 is 1. The highest BCUT2D eigenvalue weighted by Gasteiger charge is 2.37. The highest BCUT2D eigenvalue weighted by Crippen LogP contribution is 2.37. The van der Waals surface area contributed by atoms with Crippen molar-refractivity contribution in [3.05, 3.63) is 42.2 Å². The van der Waals surface area contributed by atoms with Crippen LogP contribution >= 0.6 is 0 Å². The standard InChI is InChI=1S/C21H29BNO6/c1-4-7-27-21-9-16(5-6-20(21)26-3)17-8-18(12-23-11-17)19-10-22(25,28-14-19)29-15(2)13-24/h5-6,8-9,11-12,15,19,24-25H,4,7,10,13-14H2,1-3H3/q-1/t15?,19-,22?/m0/s1. The second kappa shape index (κ2) is 9.58. The zero-order valence-electron chi connectivity index (χ0n) is 17.2. The van der Waals surface area contributed by atoms with Crippen molar-refractivity contribution in [2.45, 2.75) is 38.6 Å². The molecule has 2 heterocycles. The average molecular weight is 402 g/mol. The summed E-state index contributed by atoms with van der Waals surface area (Å²) in [5, 5.41) is 19.7. The summed E-state index contributed by atoms with van der Waals surface area (Å²) in [5.41, 5.74) is 2.88. The van der Waals surface area contributed by atoms with Gasteiger partial charge in [0.2, 0.25) is 0 Å². The summed E-state index contributed by atoms with van der Waals surface area (Å²) in [6.45, 7) is 2.13. The minimum Gasteiger partial charge on any atom is -0.559 e. The summed E-state index contributed by atoms with van der Waals surface area (Å²) in [6, 6.07) is 7.85. The lowest BCUT2D eigenvalue weighted by Gasteiger charge is -2.33. The van der Waals surface area contributed by atoms with Gasteiger partial charge in [-0.15, -0.1) is 0 Å². The van der Waals surface area contributed by atoms with E-state index in [4.69, 9.17) is 23.9 Å². The van der Waals surface area contributed by atoms with Crippen molar-refractivity contribution in [2.75, 3.05) is 26.9 Å². The number of benzene rings is 1. The minimum absolute atomic E-state index is 0.0348. The second-order valence-corrected chi connectivity index (χ2v) is 7.44. The first-order chi connectivity index (χ1) is 14.0. The summed E-state index contributed by atoms with van der Waals surface area (Å²) in [7, 11) is 1.62. The van der Waals surface area contributed by atoms with E-state index in [0.717, 1.165) is 23.1 Å². The van der Waals surface area contributed by atoms with Crippen LogP contribution in [0, 0.1) is 0 Å². The van der Waals surface area contributed by atoms with Gasteiger partial charge in [-0.3, -0.25) is 4.98 Å². The molecule has 0 aliphatic carbocycles. The number of nitrogens with zero attached hydrogens (tertiary/aromatic N) is 1. The maximum Gasteiger partial charge on any atom is 0.377 e. The Labute approximate surface area is 171 Å². The van der Waals surface area contributed by atoms with E-state index < -0.39 is 12.9 Å². The summed E-state index contributed by atoms with van der Waals surface area (Å²) >= 11 is 0. The number of aliphatic hydroxyl groups is 1. The van der Waals surface area contributed by atoms with Gasteiger partial charge in [-0.1, -0.05) is 19.3 Å². The maximum atomic E-state index is 10.5. The molecule has 158 valence electrons. The number of aromatic nitrogens is 1. The molecular formula is C21H29BNO6-. The highest BCUT2D eigenvalue weighted by atomic mass is 16.7. The Morgan fingerprint density at radius 1 is 1.24 bits per heavy atom. The molecule has 0 bridgehead atoms. The molecule has 2 aromatic rings. The van der Waals surface area contributed by atoms with Gasteiger partial charge in [0.1, 0.15) is 0 Å². The fraction of sp³-hybridized carbons (Fsp3) is 0.476. The van der Waals surface area contributed by atoms with Crippen LogP contribution in [0.2, 0.25) is 6.32 Å². The Kier molecular flexibility index (Phi) is 7.13. The van der Waals surface area contributed by atoms with Gasteiger partial charge >= 0.3 is 6.75 Å². The molecule has 1 aromatic heterocycles. The molecule has 0 radical (unpaired) electrons. The van der Waals surface area contributed by atoms with Gasteiger partial charge < -0.3 is 28.9 Å². The normalized spacial score (nSPS) is 22.4. The highest BCUT2D eigenvalue weighted by molar-refractivity contribution is 6.60. The maximum absolute atomic E-state index is 10.5. The fourth-order valence-electron chi connectivity index (χ4n) is 3.52. The molecule has 1 fully saturated rings. The van der Waals surface area contributed by atoms with Crippen molar-refractivity contribution in [3.63, 3.8) is 0 Å². The molecule has 1 aliphatic heterocycles. The third-order valence-corrected chi connectivity index (χ3v) is 5.03. The van der Waals surface area contributed by atoms with Crippen molar-refractivity contribution in [1.29, 1.82) is 0 Å². The van der Waals surface area contributed by atoms with Gasteiger partial charge in [0.05, 0.1) is 20.3 Å². The van der Waals surface area contributed by atoms with E-state index in [-0.39, 0.29) is 12.5 Å². The van der Waals surface area contributed by atoms with Gasteiger partial charge in [0, 0.05) is 30.7 Å². The van der Waals surface area contributed by atoms with Crippen LogP contribution < -0.4 is 9.47 Å². The predicted molar refractivity (Wildman–Crippen MR) is 111 cm³/mol. The number of aliphatic hydroxyl groups excluding tert-OH is 1. The predicted octanol–water partition coefficient (Wildman–Crippen LogP) is 2.99. The third-order valence-electron chi connectivity index (χ3n) is 5.03. The van der Waals surface area contributed by atoms with Crippen molar-refractivity contribution < 1.29 is 28.9 Å². The van der Waals surface area contributed by atoms with Crippen molar-refractivity contribution in [2.24, 2.45) is 0 Å². The van der Waals surface area contributed by atoms with Crippen LogP contribution in [0.15, 0.2) is 36.7 Å². The number of rotatable bonds is 9. The summed E-state index contributed by atoms with van der Waals surface area (Å²) in [4.78, 5) is 4.38. The molecule has 0 saturated carbocycles. The third kappa shape index (κ3) is 5.28. The lowest BCUT2D eigenvalue weighted by molar-refractivity contribution is 0.0499. The lowest BCUT2D eigenvalue weighted by Crippen LogP contribution is -2.42. The molecular weight excluding hydrogens is 373 g/mol. The minimum atomic E-state index is -2.40. The molecule has 3 atom stereocenters. The first-order valence-corrected chi connectivity index (χ1v) is 10.0. The van der Waals surface area contributed by atoms with Crippen LogP contribution in [0.5, 0.6) is 11.5 Å². The molecule has 1 aromatic carbocycles. The van der Waals surface area contributed by atoms with E-state index in [1.807, 2.05) is 24.3 Å². The molecule has 1 aliphatic rings. The Hall–Kier alpha value is -2.13. The van der Waals surface area contributed by atoms with Crippen LogP contribution in [0.1, 0.15) is 31.7 Å². The van der Waals surface area contributed by atoms with E-state index in [9.17, 15) is 5.02 Å². The first kappa shape index (κ1) is 21.6. The molecule has 0 spiro atoms. The molecule has 1 saturated heterocycles. The van der Waals surface area contributed by atoms with E-state index in [1.165, 1.54) is 0 Å². The smallest absolute Gasteiger partial charge is 0.377 e. The summed E-state index contributed by atoms with van der Waals surface area (Å²) < 4.78 is 22.2. The second-order valence-electron chi connectivity index (χ2n) is 7.44. The van der Waals surface area contributed by atoms with Crippen LogP contribution in [0.4, 0.5) is 0 Å². The molecule has 2 N–H and O–H groups in total. The SMILES string of the molecule is CCCOc1cc(-c2cncc([C@@H]3CO[B-](O)(OC(C)CO)C3)c2)ccc1OC. The van der Waals surface area contributed by atoms with Gasteiger partial charge in [-0.05, 0) is 48.6 Å². The Bertz CT molecular complexity index is 820. The lowest BCUT2D eigenvalue weighted by atomic mass is 9.71. The van der Waals surface area contributed by atoms with Crippen molar-refractivity contribution in [3.8, 4) is 22.6 Å². The van der Waals surface area contributed by atoms with Crippen molar-refractivity contribution >= 4 is 6.75 Å². The largest absolute Gasteiger partial charge is 0.559 e. The number of ether oxygens (including phenoxy) is 2. The molecule has 0 amide bonds. The van der Waals surface area contributed by atoms with E-state index in [0.29, 0.717) is 31.0 Å². The van der Waals surface area contributed by atoms with Crippen LogP contribution in [-0.4, -0.2) is 54.9 Å². The Morgan fingerprint density at radius 2 is 2.07 bits per heavy atom. The zero-order valence-corrected chi connectivity index (χ0v) is 17.2. The van der Waals surface area contributed by atoms with E-state index in [2.05, 4.69) is 11.9 Å². The molecule has 8 heteroatoms. The number of hydrogen-bond donors (Lipinski definition) is 2. The monoisotopic (exact) mass is 402 g/mol. The molecule has 7 nitrogen and oxygen atoms in total. The first-order valence-electron chi connectivity index (χ1n) is 10.0. The zero-order chi connectivity index (χ0) is 20.9. The molecule has 2 unspecified atom stereocenters. The summed E-state index contributed by atoms with van der Waals surface area (Å²) in [6.07, 6.45) is 4.35. The van der Waals surface area contributed by atoms with Gasteiger partial charge in [-0.2, -0.15) is 0 Å². The Balaban J connectivity index is 1.80. The quantitative estimate of drug-likeness (QED) is 0.624. The van der Waals surface area contributed by atoms with E-state index in [1.54, 1.807) is 26.4 Å². The molecule has 3 rings (SSSR count). The Morgan fingerprint density at radius 3 is 2.79 bits per heavy atom. The van der Waals surface area contributed by atoms with Gasteiger partial charge in [-0.25, -0.2) is 0 Å². The van der Waals surface area contributed by atoms with Crippen LogP contribution in [-0.2, 0) is 9.31 Å². The van der Waals surface area contributed by atoms with Crippen LogP contribution in [0.25, 0.3) is 11.1 Å². The fourth-order valence-corrected chi connectivity index (χ4v) is 3.52. The number of hydrogen-bond acceptors (Lipinski definition) is 7. The summed E-state index contributed by atoms with van der Waals surface area (Å²) in [5.74, 6) is 1.36.